The lowest BCUT2D eigenvalue weighted by Crippen LogP contribution is -2.38. The third-order valence-electron chi connectivity index (χ3n) is 3.48. The molecule has 0 amide bonds. The molecule has 0 radical (unpaired) electrons. The van der Waals surface area contributed by atoms with Crippen LogP contribution in [-0.2, 0) is 14.6 Å². The lowest BCUT2D eigenvalue weighted by molar-refractivity contribution is -0.116. The van der Waals surface area contributed by atoms with Gasteiger partial charge in [0.05, 0.1) is 21.9 Å². The van der Waals surface area contributed by atoms with Gasteiger partial charge in [-0.1, -0.05) is 24.4 Å². The minimum Gasteiger partial charge on any atom is -0.362 e. The summed E-state index contributed by atoms with van der Waals surface area (Å²) in [6.07, 6.45) is 3.69. The molecule has 0 unspecified atom stereocenters. The fourth-order valence-corrected chi connectivity index (χ4v) is 4.83. The van der Waals surface area contributed by atoms with Crippen molar-refractivity contribution in [1.82, 2.24) is 14.8 Å². The van der Waals surface area contributed by atoms with E-state index < -0.39 is 15.6 Å². The number of thiazole rings is 1. The number of ketones is 1. The summed E-state index contributed by atoms with van der Waals surface area (Å²) >= 11 is 11.8. The van der Waals surface area contributed by atoms with Crippen molar-refractivity contribution in [2.75, 3.05) is 32.3 Å². The fourth-order valence-electron chi connectivity index (χ4n) is 2.18. The van der Waals surface area contributed by atoms with Gasteiger partial charge in [-0.15, -0.1) is 11.3 Å². The molecule has 0 atom stereocenters. The van der Waals surface area contributed by atoms with E-state index >= 15 is 0 Å². The molecule has 1 fully saturated rings. The number of hydrogen-bond acceptors (Lipinski definition) is 7. The van der Waals surface area contributed by atoms with E-state index in [0.717, 1.165) is 22.7 Å². The van der Waals surface area contributed by atoms with Crippen molar-refractivity contribution in [2.45, 2.75) is 12.8 Å². The minimum absolute atomic E-state index is 0.0254. The smallest absolute Gasteiger partial charge is 0.175 e. The molecule has 0 saturated heterocycles. The Morgan fingerprint density at radius 3 is 2.54 bits per heavy atom. The Morgan fingerprint density at radius 1 is 1.33 bits per heavy atom. The Kier molecular flexibility index (Phi) is 6.40. The summed E-state index contributed by atoms with van der Waals surface area (Å²) in [6.45, 7) is 0.0254. The molecule has 0 aliphatic heterocycles. The van der Waals surface area contributed by atoms with E-state index in [2.05, 4.69) is 4.98 Å². The molecule has 6 nitrogen and oxygen atoms in total. The van der Waals surface area contributed by atoms with Crippen molar-refractivity contribution >= 4 is 61.4 Å². The first-order valence-corrected chi connectivity index (χ1v) is 10.8. The topological polar surface area (TPSA) is 70.6 Å². The van der Waals surface area contributed by atoms with E-state index in [-0.39, 0.29) is 18.2 Å². The normalized spacial score (nSPS) is 14.2. The average molecular weight is 406 g/mol. The predicted octanol–water partition coefficient (Wildman–Crippen LogP) is 1.36. The molecule has 0 N–H and O–H groups in total. The maximum Gasteiger partial charge on any atom is 0.175 e. The van der Waals surface area contributed by atoms with Crippen molar-refractivity contribution in [1.29, 1.82) is 0 Å². The van der Waals surface area contributed by atoms with Gasteiger partial charge in [0.2, 0.25) is 0 Å². The highest BCUT2D eigenvalue weighted by Gasteiger charge is 2.30. The van der Waals surface area contributed by atoms with Gasteiger partial charge in [0, 0.05) is 26.2 Å². The van der Waals surface area contributed by atoms with Crippen LogP contribution >= 0.6 is 35.8 Å². The molecule has 132 valence electrons. The maximum atomic E-state index is 12.2. The van der Waals surface area contributed by atoms with Gasteiger partial charge in [-0.05, 0) is 12.8 Å². The van der Waals surface area contributed by atoms with E-state index in [1.165, 1.54) is 16.2 Å². The van der Waals surface area contributed by atoms with Gasteiger partial charge >= 0.3 is 0 Å². The molecule has 1 aromatic heterocycles. The highest BCUT2D eigenvalue weighted by Crippen LogP contribution is 2.31. The van der Waals surface area contributed by atoms with Crippen LogP contribution in [0.3, 0.4) is 0 Å². The number of thiocarbonyl (C=S) groups is 2. The highest BCUT2D eigenvalue weighted by molar-refractivity contribution is 7.92. The summed E-state index contributed by atoms with van der Waals surface area (Å²) in [7, 11) is -0.261. The Morgan fingerprint density at radius 2 is 2.00 bits per heavy atom. The maximum absolute atomic E-state index is 12.2. The van der Waals surface area contributed by atoms with Crippen LogP contribution < -0.4 is 0 Å². The van der Waals surface area contributed by atoms with E-state index in [1.807, 2.05) is 0 Å². The molecule has 24 heavy (non-hydrogen) atoms. The van der Waals surface area contributed by atoms with Crippen molar-refractivity contribution in [2.24, 2.45) is 5.92 Å². The van der Waals surface area contributed by atoms with Gasteiger partial charge < -0.3 is 9.80 Å². The molecule has 0 aromatic carbocycles. The average Bonchev–Trinajstić information content (AvgIpc) is 3.18. The zero-order valence-corrected chi connectivity index (χ0v) is 16.7. The van der Waals surface area contributed by atoms with Crippen LogP contribution in [0.25, 0.3) is 0 Å². The summed E-state index contributed by atoms with van der Waals surface area (Å²) in [5.74, 6) is -0.804. The molecule has 1 aliphatic carbocycles. The number of nitrogens with zero attached hydrogens (tertiary/aromatic N) is 3. The monoisotopic (exact) mass is 405 g/mol. The molecule has 0 spiro atoms. The van der Waals surface area contributed by atoms with E-state index in [1.54, 1.807) is 30.7 Å². The van der Waals surface area contributed by atoms with Crippen LogP contribution in [0.2, 0.25) is 0 Å². The third-order valence-corrected chi connectivity index (χ3v) is 7.11. The second-order valence-electron chi connectivity index (χ2n) is 5.89. The zero-order chi connectivity index (χ0) is 17.9. The van der Waals surface area contributed by atoms with Gasteiger partial charge in [0.1, 0.15) is 16.6 Å². The SMILES string of the molecule is CN(CS(=O)(=O)CC(=O)CN(C)C(=S)C1CC1)C(=S)c1cncs1. The molecule has 1 aliphatic rings. The summed E-state index contributed by atoms with van der Waals surface area (Å²) in [5, 5.41) is 0. The summed E-state index contributed by atoms with van der Waals surface area (Å²) in [6, 6.07) is 0. The van der Waals surface area contributed by atoms with Crippen molar-refractivity contribution < 1.29 is 13.2 Å². The summed E-state index contributed by atoms with van der Waals surface area (Å²) in [5.41, 5.74) is 1.63. The lowest BCUT2D eigenvalue weighted by atomic mass is 10.3. The standard InChI is InChI=1S/C14H19N3O3S4/c1-16(13(21)10-3-4-10)6-11(18)7-24(19,20)9-17(2)14(22)12-5-15-8-23-12/h5,8,10H,3-4,6-7,9H2,1-2H3. The molecular formula is C14H19N3O3S4. The Hall–Kier alpha value is -0.970. The first-order valence-electron chi connectivity index (χ1n) is 7.30. The lowest BCUT2D eigenvalue weighted by Gasteiger charge is -2.20. The quantitative estimate of drug-likeness (QED) is 0.601. The van der Waals surface area contributed by atoms with Crippen LogP contribution in [0.4, 0.5) is 0 Å². The van der Waals surface area contributed by atoms with Gasteiger partial charge in [-0.3, -0.25) is 9.78 Å². The molecule has 0 bridgehead atoms. The molecular weight excluding hydrogens is 386 g/mol. The second kappa shape index (κ2) is 7.94. The number of likely N-dealkylation sites (N-methyl/N-ethyl adjacent to an activating group) is 1. The predicted molar refractivity (Wildman–Crippen MR) is 103 cm³/mol. The van der Waals surface area contributed by atoms with Gasteiger partial charge in [-0.2, -0.15) is 0 Å². The zero-order valence-electron chi connectivity index (χ0n) is 13.5. The fraction of sp³-hybridized carbons (Fsp3) is 0.571. The Labute approximate surface area is 156 Å². The number of hydrogen-bond donors (Lipinski definition) is 0. The second-order valence-corrected chi connectivity index (χ2v) is 9.62. The van der Waals surface area contributed by atoms with Gasteiger partial charge in [-0.25, -0.2) is 8.42 Å². The van der Waals surface area contributed by atoms with Crippen LogP contribution in [0.1, 0.15) is 17.7 Å². The van der Waals surface area contributed by atoms with Crippen molar-refractivity contribution in [3.8, 4) is 0 Å². The van der Waals surface area contributed by atoms with Gasteiger partial charge in [0.25, 0.3) is 0 Å². The number of sulfone groups is 1. The van der Waals surface area contributed by atoms with E-state index in [4.69, 9.17) is 24.4 Å². The molecule has 10 heteroatoms. The highest BCUT2D eigenvalue weighted by atomic mass is 32.2. The largest absolute Gasteiger partial charge is 0.362 e. The van der Waals surface area contributed by atoms with Crippen molar-refractivity contribution in [3.05, 3.63) is 16.6 Å². The number of carbonyl (C=O) groups excluding carboxylic acids is 1. The van der Waals surface area contributed by atoms with Crippen LogP contribution in [-0.4, -0.2) is 71.2 Å². The Balaban J connectivity index is 1.86. The van der Waals surface area contributed by atoms with E-state index in [9.17, 15) is 13.2 Å². The van der Waals surface area contributed by atoms with Gasteiger partial charge in [0.15, 0.2) is 15.6 Å². The number of Topliss-reactive ketones (excluding diaryl/α,β-unsaturated/α-hetero) is 1. The molecule has 2 rings (SSSR count). The van der Waals surface area contributed by atoms with Crippen LogP contribution in [0.15, 0.2) is 11.7 Å². The van der Waals surface area contributed by atoms with Crippen LogP contribution in [0, 0.1) is 5.92 Å². The van der Waals surface area contributed by atoms with Crippen molar-refractivity contribution in [3.63, 3.8) is 0 Å². The first kappa shape index (κ1) is 19.4. The molecule has 1 aromatic rings. The van der Waals surface area contributed by atoms with Crippen LogP contribution in [0.5, 0.6) is 0 Å². The number of carbonyl (C=O) groups is 1. The summed E-state index contributed by atoms with van der Waals surface area (Å²) < 4.78 is 24.5. The molecule has 1 saturated carbocycles. The van der Waals surface area contributed by atoms with E-state index in [0.29, 0.717) is 10.9 Å². The summed E-state index contributed by atoms with van der Waals surface area (Å²) in [4.78, 5) is 21.0. The Bertz CT molecular complexity index is 726. The third kappa shape index (κ3) is 5.54. The minimum atomic E-state index is -3.59. The molecule has 1 heterocycles. The number of rotatable bonds is 8. The number of aromatic nitrogens is 1. The first-order chi connectivity index (χ1) is 11.2.